The molecule has 96 valence electrons. The molecule has 0 amide bonds. The van der Waals surface area contributed by atoms with Gasteiger partial charge in [-0.05, 0) is 36.0 Å². The summed E-state index contributed by atoms with van der Waals surface area (Å²) in [5.41, 5.74) is 1.72. The van der Waals surface area contributed by atoms with Gasteiger partial charge >= 0.3 is 13.1 Å². The first kappa shape index (κ1) is 12.9. The van der Waals surface area contributed by atoms with E-state index in [9.17, 15) is 9.82 Å². The van der Waals surface area contributed by atoms with Crippen molar-refractivity contribution in [2.75, 3.05) is 6.61 Å². The molecular weight excluding hydrogens is 235 g/mol. The minimum Gasteiger partial charge on any atom is -0.494 e. The van der Waals surface area contributed by atoms with Crippen molar-refractivity contribution < 1.29 is 24.3 Å². The summed E-state index contributed by atoms with van der Waals surface area (Å²) in [7, 11) is -0.865. The molecule has 1 aliphatic rings. The van der Waals surface area contributed by atoms with Crippen molar-refractivity contribution in [2.45, 2.75) is 25.9 Å². The molecule has 0 unspecified atom stereocenters. The number of unbranched alkanes of at least 4 members (excludes halogenated alkanes) is 1. The topological polar surface area (TPSA) is 76.0 Å². The second-order valence-electron chi connectivity index (χ2n) is 4.22. The normalized spacial score (nSPS) is 13.5. The lowest BCUT2D eigenvalue weighted by Gasteiger charge is -2.07. The fourth-order valence-corrected chi connectivity index (χ4v) is 1.85. The number of rotatable bonds is 6. The third-order valence-corrected chi connectivity index (χ3v) is 2.83. The molecule has 0 atom stereocenters. The largest absolute Gasteiger partial charge is 0.494 e. The first-order valence-corrected chi connectivity index (χ1v) is 5.94. The molecule has 0 radical (unpaired) electrons. The molecule has 5 nitrogen and oxygen atoms in total. The maximum absolute atomic E-state index is 10.3. The number of fused-ring (bicyclic) bond motifs is 1. The molecule has 6 heteroatoms. The van der Waals surface area contributed by atoms with Gasteiger partial charge in [-0.3, -0.25) is 4.79 Å². The minimum atomic E-state index is -0.865. The molecule has 0 bridgehead atoms. The van der Waals surface area contributed by atoms with Crippen molar-refractivity contribution in [3.05, 3.63) is 23.8 Å². The van der Waals surface area contributed by atoms with E-state index in [0.717, 1.165) is 11.0 Å². The van der Waals surface area contributed by atoms with Crippen molar-refractivity contribution in [3.8, 4) is 5.75 Å². The molecule has 0 spiro atoms. The second kappa shape index (κ2) is 5.88. The van der Waals surface area contributed by atoms with Crippen molar-refractivity contribution in [3.63, 3.8) is 0 Å². The number of aliphatic carboxylic acids is 1. The highest BCUT2D eigenvalue weighted by atomic mass is 16.5. The Hall–Kier alpha value is -1.53. The third-order valence-electron chi connectivity index (χ3n) is 2.83. The van der Waals surface area contributed by atoms with Crippen LogP contribution in [0.1, 0.15) is 24.8 Å². The standard InChI is InChI=1S/C12H15BO5/c14-12(15)3-1-2-6-17-10-5-4-9-8-18-13(16)11(9)7-10/h4-5,7,16H,1-3,6,8H2,(H,14,15). The van der Waals surface area contributed by atoms with Crippen LogP contribution in [0.2, 0.25) is 0 Å². The van der Waals surface area contributed by atoms with Gasteiger partial charge in [0.2, 0.25) is 0 Å². The third kappa shape index (κ3) is 3.24. The Kier molecular flexibility index (Phi) is 4.22. The van der Waals surface area contributed by atoms with Crippen molar-refractivity contribution in [2.24, 2.45) is 0 Å². The van der Waals surface area contributed by atoms with E-state index < -0.39 is 13.1 Å². The van der Waals surface area contributed by atoms with Crippen molar-refractivity contribution in [1.82, 2.24) is 0 Å². The van der Waals surface area contributed by atoms with Crippen LogP contribution < -0.4 is 10.2 Å². The van der Waals surface area contributed by atoms with E-state index in [1.54, 1.807) is 6.07 Å². The highest BCUT2D eigenvalue weighted by molar-refractivity contribution is 6.61. The summed E-state index contributed by atoms with van der Waals surface area (Å²) in [6, 6.07) is 5.47. The summed E-state index contributed by atoms with van der Waals surface area (Å²) in [6.45, 7) is 0.901. The highest BCUT2D eigenvalue weighted by Gasteiger charge is 2.27. The van der Waals surface area contributed by atoms with Crippen LogP contribution in [0.25, 0.3) is 0 Å². The Morgan fingerprint density at radius 1 is 1.44 bits per heavy atom. The number of carboxylic acid groups (broad SMARTS) is 1. The van der Waals surface area contributed by atoms with Gasteiger partial charge in [-0.15, -0.1) is 0 Å². The monoisotopic (exact) mass is 250 g/mol. The zero-order valence-electron chi connectivity index (χ0n) is 9.96. The smallest absolute Gasteiger partial charge is 0.491 e. The molecule has 1 aromatic rings. The molecule has 2 N–H and O–H groups in total. The van der Waals surface area contributed by atoms with Crippen LogP contribution in [0, 0.1) is 0 Å². The van der Waals surface area contributed by atoms with Gasteiger partial charge in [0.25, 0.3) is 0 Å². The van der Waals surface area contributed by atoms with Gasteiger partial charge in [0.05, 0.1) is 13.2 Å². The number of hydrogen-bond acceptors (Lipinski definition) is 4. The molecule has 0 aromatic heterocycles. The summed E-state index contributed by atoms with van der Waals surface area (Å²) < 4.78 is 10.6. The van der Waals surface area contributed by atoms with Crippen LogP contribution in [0.5, 0.6) is 5.75 Å². The predicted molar refractivity (Wildman–Crippen MR) is 65.8 cm³/mol. The molecule has 1 aromatic carbocycles. The van der Waals surface area contributed by atoms with Crippen LogP contribution in [-0.4, -0.2) is 29.8 Å². The van der Waals surface area contributed by atoms with Crippen molar-refractivity contribution >= 4 is 18.6 Å². The summed E-state index contributed by atoms with van der Waals surface area (Å²) in [5.74, 6) is -0.110. The molecule has 0 saturated heterocycles. The van der Waals surface area contributed by atoms with Gasteiger partial charge in [-0.25, -0.2) is 0 Å². The second-order valence-corrected chi connectivity index (χ2v) is 4.22. The average Bonchev–Trinajstić information content (AvgIpc) is 2.70. The summed E-state index contributed by atoms with van der Waals surface area (Å²) in [4.78, 5) is 10.3. The van der Waals surface area contributed by atoms with Crippen LogP contribution in [-0.2, 0) is 16.1 Å². The molecule has 1 aliphatic heterocycles. The Balaban J connectivity index is 1.80. The predicted octanol–water partition coefficient (Wildman–Crippen LogP) is 0.538. The van der Waals surface area contributed by atoms with Gasteiger partial charge in [-0.2, -0.15) is 0 Å². The Morgan fingerprint density at radius 3 is 3.06 bits per heavy atom. The number of carboxylic acids is 1. The van der Waals surface area contributed by atoms with Gasteiger partial charge in [0.1, 0.15) is 5.75 Å². The van der Waals surface area contributed by atoms with Gasteiger partial charge in [-0.1, -0.05) is 6.07 Å². The molecule has 0 saturated carbocycles. The average molecular weight is 250 g/mol. The molecule has 2 rings (SSSR count). The SMILES string of the molecule is O=C(O)CCCCOc1ccc2c(c1)B(O)OC2. The summed E-state index contributed by atoms with van der Waals surface area (Å²) in [5, 5.41) is 18.0. The maximum atomic E-state index is 10.3. The molecule has 0 aliphatic carbocycles. The number of ether oxygens (including phenoxy) is 1. The first-order chi connectivity index (χ1) is 8.66. The number of benzene rings is 1. The lowest BCUT2D eigenvalue weighted by atomic mass is 9.79. The minimum absolute atomic E-state index is 0.167. The van der Waals surface area contributed by atoms with Crippen LogP contribution in [0.4, 0.5) is 0 Å². The van der Waals surface area contributed by atoms with Crippen molar-refractivity contribution in [1.29, 1.82) is 0 Å². The molecule has 0 fully saturated rings. The van der Waals surface area contributed by atoms with E-state index in [4.69, 9.17) is 14.5 Å². The Morgan fingerprint density at radius 2 is 2.28 bits per heavy atom. The molecule has 1 heterocycles. The zero-order chi connectivity index (χ0) is 13.0. The molecular formula is C12H15BO5. The van der Waals surface area contributed by atoms with Gasteiger partial charge < -0.3 is 19.5 Å². The quantitative estimate of drug-likeness (QED) is 0.569. The number of carbonyl (C=O) groups is 1. The van der Waals surface area contributed by atoms with Crippen LogP contribution >= 0.6 is 0 Å². The van der Waals surface area contributed by atoms with E-state index in [1.165, 1.54) is 0 Å². The van der Waals surface area contributed by atoms with E-state index in [-0.39, 0.29) is 6.42 Å². The highest BCUT2D eigenvalue weighted by Crippen LogP contribution is 2.16. The van der Waals surface area contributed by atoms with E-state index >= 15 is 0 Å². The Bertz CT molecular complexity index is 434. The molecule has 18 heavy (non-hydrogen) atoms. The fraction of sp³-hybridized carbons (Fsp3) is 0.417. The lowest BCUT2D eigenvalue weighted by molar-refractivity contribution is -0.137. The van der Waals surface area contributed by atoms with E-state index in [1.807, 2.05) is 12.1 Å². The van der Waals surface area contributed by atoms with E-state index in [2.05, 4.69) is 0 Å². The lowest BCUT2D eigenvalue weighted by Crippen LogP contribution is -2.28. The van der Waals surface area contributed by atoms with Crippen LogP contribution in [0.15, 0.2) is 18.2 Å². The zero-order valence-corrected chi connectivity index (χ0v) is 9.96. The fourth-order valence-electron chi connectivity index (χ4n) is 1.85. The maximum Gasteiger partial charge on any atom is 0.491 e. The van der Waals surface area contributed by atoms with Crippen LogP contribution in [0.3, 0.4) is 0 Å². The van der Waals surface area contributed by atoms with E-state index in [0.29, 0.717) is 31.8 Å². The van der Waals surface area contributed by atoms with Gasteiger partial charge in [0, 0.05) is 6.42 Å². The number of hydrogen-bond donors (Lipinski definition) is 2. The Labute approximate surface area is 105 Å². The summed E-state index contributed by atoms with van der Waals surface area (Å²) >= 11 is 0. The summed E-state index contributed by atoms with van der Waals surface area (Å²) in [6.07, 6.45) is 1.47. The first-order valence-electron chi connectivity index (χ1n) is 5.94. The van der Waals surface area contributed by atoms with Gasteiger partial charge in [0.15, 0.2) is 0 Å².